The number of rotatable bonds is 1. The van der Waals surface area contributed by atoms with Gasteiger partial charge in [0, 0.05) is 6.20 Å². The molecule has 0 saturated heterocycles. The van der Waals surface area contributed by atoms with E-state index in [1.807, 2.05) is 0 Å². The molecule has 1 heterocycles. The van der Waals surface area contributed by atoms with Crippen LogP contribution >= 0.6 is 22.6 Å². The Morgan fingerprint density at radius 3 is 2.54 bits per heavy atom. The molecule has 0 fully saturated rings. The van der Waals surface area contributed by atoms with E-state index in [0.717, 1.165) is 0 Å². The van der Waals surface area contributed by atoms with E-state index in [0.29, 0.717) is 0 Å². The zero-order valence-electron chi connectivity index (χ0n) is 6.10. The van der Waals surface area contributed by atoms with Crippen molar-refractivity contribution in [1.82, 2.24) is 4.98 Å². The van der Waals surface area contributed by atoms with Gasteiger partial charge in [0.2, 0.25) is 0 Å². The van der Waals surface area contributed by atoms with Gasteiger partial charge < -0.3 is 10.5 Å². The molecule has 72 valence electrons. The topological polar surface area (TPSA) is 48.1 Å². The molecule has 7 heteroatoms. The van der Waals surface area contributed by atoms with E-state index >= 15 is 0 Å². The average molecular weight is 304 g/mol. The van der Waals surface area contributed by atoms with Gasteiger partial charge in [-0.15, -0.1) is 13.2 Å². The number of nitrogen functional groups attached to an aromatic ring is 1. The van der Waals surface area contributed by atoms with Crippen molar-refractivity contribution < 1.29 is 17.9 Å². The number of hydrogen-bond donors (Lipinski definition) is 1. The molecular formula is C6H4F3IN2O. The van der Waals surface area contributed by atoms with Gasteiger partial charge in [0.1, 0.15) is 3.70 Å². The molecule has 3 nitrogen and oxygen atoms in total. The summed E-state index contributed by atoms with van der Waals surface area (Å²) in [6.45, 7) is 0. The summed E-state index contributed by atoms with van der Waals surface area (Å²) in [5.41, 5.74) is 5.17. The molecule has 0 amide bonds. The fourth-order valence-corrected chi connectivity index (χ4v) is 1.24. The molecule has 1 aromatic rings. The maximum absolute atomic E-state index is 11.8. The summed E-state index contributed by atoms with van der Waals surface area (Å²) >= 11 is 1.61. The molecule has 0 aliphatic rings. The lowest BCUT2D eigenvalue weighted by Crippen LogP contribution is -2.19. The summed E-state index contributed by atoms with van der Waals surface area (Å²) in [4.78, 5) is 3.61. The Labute approximate surface area is 85.2 Å². The minimum absolute atomic E-state index is 0.0786. The van der Waals surface area contributed by atoms with Crippen LogP contribution in [0.1, 0.15) is 0 Å². The second kappa shape index (κ2) is 3.56. The summed E-state index contributed by atoms with van der Waals surface area (Å²) in [6, 6.07) is 1.24. The second-order valence-electron chi connectivity index (χ2n) is 2.07. The minimum Gasteiger partial charge on any atom is -0.401 e. The Hall–Kier alpha value is -0.730. The number of pyridine rings is 1. The molecule has 0 radical (unpaired) electrons. The minimum atomic E-state index is -4.74. The molecule has 13 heavy (non-hydrogen) atoms. The van der Waals surface area contributed by atoms with Crippen molar-refractivity contribution in [2.45, 2.75) is 6.36 Å². The van der Waals surface area contributed by atoms with Crippen LogP contribution in [0.15, 0.2) is 12.3 Å². The van der Waals surface area contributed by atoms with E-state index in [1.165, 1.54) is 12.3 Å². The highest BCUT2D eigenvalue weighted by Gasteiger charge is 2.33. The van der Waals surface area contributed by atoms with Gasteiger partial charge in [0.05, 0.1) is 5.69 Å². The van der Waals surface area contributed by atoms with Gasteiger partial charge in [-0.3, -0.25) is 0 Å². The Balaban J connectivity index is 3.00. The Kier molecular flexibility index (Phi) is 2.84. The number of alkyl halides is 3. The third-order valence-electron chi connectivity index (χ3n) is 1.11. The van der Waals surface area contributed by atoms with Crippen molar-refractivity contribution >= 4 is 28.3 Å². The third kappa shape index (κ3) is 2.90. The molecule has 0 aliphatic heterocycles. The summed E-state index contributed by atoms with van der Waals surface area (Å²) in [6.07, 6.45) is -3.43. The predicted molar refractivity (Wildman–Crippen MR) is 48.0 cm³/mol. The molecule has 2 N–H and O–H groups in total. The van der Waals surface area contributed by atoms with Crippen LogP contribution in [0, 0.1) is 3.70 Å². The lowest BCUT2D eigenvalue weighted by molar-refractivity contribution is -0.274. The van der Waals surface area contributed by atoms with Gasteiger partial charge in [0.15, 0.2) is 5.75 Å². The first-order chi connectivity index (χ1) is 5.90. The average Bonchev–Trinajstić information content (AvgIpc) is 1.95. The number of ether oxygens (including phenoxy) is 1. The van der Waals surface area contributed by atoms with Crippen molar-refractivity contribution in [2.75, 3.05) is 5.73 Å². The van der Waals surface area contributed by atoms with E-state index in [4.69, 9.17) is 5.73 Å². The third-order valence-corrected chi connectivity index (χ3v) is 1.88. The van der Waals surface area contributed by atoms with E-state index in [9.17, 15) is 13.2 Å². The van der Waals surface area contributed by atoms with Crippen molar-refractivity contribution in [1.29, 1.82) is 0 Å². The fourth-order valence-electron chi connectivity index (χ4n) is 0.653. The van der Waals surface area contributed by atoms with E-state index in [-0.39, 0.29) is 9.39 Å². The number of aromatic nitrogens is 1. The van der Waals surface area contributed by atoms with Gasteiger partial charge >= 0.3 is 6.36 Å². The van der Waals surface area contributed by atoms with Crippen molar-refractivity contribution in [3.8, 4) is 5.75 Å². The van der Waals surface area contributed by atoms with Crippen LogP contribution in [0.4, 0.5) is 18.9 Å². The molecule has 0 saturated carbocycles. The number of nitrogens with zero attached hydrogens (tertiary/aromatic N) is 1. The molecule has 0 unspecified atom stereocenters. The molecule has 0 atom stereocenters. The number of anilines is 1. The zero-order chi connectivity index (χ0) is 10.1. The van der Waals surface area contributed by atoms with Crippen molar-refractivity contribution in [3.05, 3.63) is 16.0 Å². The van der Waals surface area contributed by atoms with E-state index in [2.05, 4.69) is 9.72 Å². The highest BCUT2D eigenvalue weighted by molar-refractivity contribution is 14.1. The molecule has 0 aliphatic carbocycles. The molecule has 1 aromatic heterocycles. The smallest absolute Gasteiger partial charge is 0.401 e. The van der Waals surface area contributed by atoms with Crippen LogP contribution in [0.3, 0.4) is 0 Å². The molecule has 1 rings (SSSR count). The number of halogens is 4. The van der Waals surface area contributed by atoms with Crippen LogP contribution in [-0.4, -0.2) is 11.3 Å². The van der Waals surface area contributed by atoms with Crippen molar-refractivity contribution in [2.24, 2.45) is 0 Å². The largest absolute Gasteiger partial charge is 0.573 e. The first-order valence-electron chi connectivity index (χ1n) is 3.06. The first-order valence-corrected chi connectivity index (χ1v) is 4.14. The van der Waals surface area contributed by atoms with Gasteiger partial charge in [-0.2, -0.15) is 0 Å². The van der Waals surface area contributed by atoms with Crippen molar-refractivity contribution in [3.63, 3.8) is 0 Å². The lowest BCUT2D eigenvalue weighted by atomic mass is 10.4. The maximum Gasteiger partial charge on any atom is 0.573 e. The van der Waals surface area contributed by atoms with Crippen LogP contribution in [0.5, 0.6) is 5.75 Å². The predicted octanol–water partition coefficient (Wildman–Crippen LogP) is 2.17. The van der Waals surface area contributed by atoms with Gasteiger partial charge in [-0.1, -0.05) is 0 Å². The summed E-state index contributed by atoms with van der Waals surface area (Å²) < 4.78 is 39.1. The van der Waals surface area contributed by atoms with Crippen LogP contribution in [0.25, 0.3) is 0 Å². The summed E-state index contributed by atoms with van der Waals surface area (Å²) in [7, 11) is 0. The SMILES string of the molecule is Nc1ccnc(I)c1OC(F)(F)F. The van der Waals surface area contributed by atoms with Gasteiger partial charge in [0.25, 0.3) is 0 Å². The lowest BCUT2D eigenvalue weighted by Gasteiger charge is -2.11. The highest BCUT2D eigenvalue weighted by atomic mass is 127. The molecule has 0 bridgehead atoms. The molecule has 0 aromatic carbocycles. The van der Waals surface area contributed by atoms with Crippen LogP contribution < -0.4 is 10.5 Å². The van der Waals surface area contributed by atoms with Crippen LogP contribution in [-0.2, 0) is 0 Å². The van der Waals surface area contributed by atoms with Gasteiger partial charge in [-0.25, -0.2) is 4.98 Å². The second-order valence-corrected chi connectivity index (χ2v) is 3.09. The normalized spacial score (nSPS) is 11.4. The summed E-state index contributed by atoms with van der Waals surface area (Å²) in [5.74, 6) is -0.449. The Morgan fingerprint density at radius 2 is 2.08 bits per heavy atom. The number of hydrogen-bond acceptors (Lipinski definition) is 3. The zero-order valence-corrected chi connectivity index (χ0v) is 8.26. The van der Waals surface area contributed by atoms with E-state index in [1.54, 1.807) is 22.6 Å². The van der Waals surface area contributed by atoms with Gasteiger partial charge in [-0.05, 0) is 28.7 Å². The fraction of sp³-hybridized carbons (Fsp3) is 0.167. The first kappa shape index (κ1) is 10.4. The standard InChI is InChI=1S/C6H4F3IN2O/c7-6(8,9)13-4-3(11)1-2-12-5(4)10/h1-2H,(H2,11,12). The highest BCUT2D eigenvalue weighted by Crippen LogP contribution is 2.31. The number of nitrogens with two attached hydrogens (primary N) is 1. The van der Waals surface area contributed by atoms with Crippen LogP contribution in [0.2, 0.25) is 0 Å². The maximum atomic E-state index is 11.8. The Bertz CT molecular complexity index is 295. The van der Waals surface area contributed by atoms with E-state index < -0.39 is 12.1 Å². The molecular weight excluding hydrogens is 300 g/mol. The quantitative estimate of drug-likeness (QED) is 0.639. The monoisotopic (exact) mass is 304 g/mol. The molecule has 0 spiro atoms. The summed E-state index contributed by atoms with van der Waals surface area (Å²) in [5, 5.41) is 0. The Morgan fingerprint density at radius 1 is 1.46 bits per heavy atom.